The van der Waals surface area contributed by atoms with Gasteiger partial charge in [-0.05, 0) is 37.5 Å². The van der Waals surface area contributed by atoms with Crippen molar-refractivity contribution in [3.05, 3.63) is 22.7 Å². The number of halogens is 1. The zero-order valence-electron chi connectivity index (χ0n) is 12.9. The summed E-state index contributed by atoms with van der Waals surface area (Å²) >= 11 is 3.38. The highest BCUT2D eigenvalue weighted by molar-refractivity contribution is 9.10. The summed E-state index contributed by atoms with van der Waals surface area (Å²) in [6, 6.07) is 4.67. The minimum atomic E-state index is -1.21. The standard InChI is InChI=1S/C15H22BrN3O3/c1-4-17-12-8-10(16)5-6-11(12)18-14(20)13(7-9(2)3)19-15(21)22/h5-6,8-9,13,17,19H,4,7H2,1-3H3,(H,18,20)(H,21,22). The van der Waals surface area contributed by atoms with E-state index in [1.54, 1.807) is 6.07 Å². The predicted octanol–water partition coefficient (Wildman–Crippen LogP) is 3.50. The number of benzene rings is 1. The van der Waals surface area contributed by atoms with Gasteiger partial charge in [-0.2, -0.15) is 0 Å². The van der Waals surface area contributed by atoms with E-state index in [0.29, 0.717) is 18.7 Å². The molecule has 0 bridgehead atoms. The fraction of sp³-hybridized carbons (Fsp3) is 0.467. The average molecular weight is 372 g/mol. The van der Waals surface area contributed by atoms with Crippen molar-refractivity contribution in [3.8, 4) is 0 Å². The van der Waals surface area contributed by atoms with Crippen LogP contribution in [0.3, 0.4) is 0 Å². The third-order valence-corrected chi connectivity index (χ3v) is 3.42. The summed E-state index contributed by atoms with van der Waals surface area (Å²) in [4.78, 5) is 23.2. The van der Waals surface area contributed by atoms with E-state index in [0.717, 1.165) is 10.2 Å². The van der Waals surface area contributed by atoms with E-state index in [1.807, 2.05) is 32.9 Å². The van der Waals surface area contributed by atoms with E-state index in [2.05, 4.69) is 31.9 Å². The molecule has 7 heteroatoms. The van der Waals surface area contributed by atoms with Crippen molar-refractivity contribution < 1.29 is 14.7 Å². The smallest absolute Gasteiger partial charge is 0.405 e. The lowest BCUT2D eigenvalue weighted by Crippen LogP contribution is -2.44. The minimum Gasteiger partial charge on any atom is -0.465 e. The predicted molar refractivity (Wildman–Crippen MR) is 91.3 cm³/mol. The molecule has 1 aromatic carbocycles. The van der Waals surface area contributed by atoms with Crippen LogP contribution in [0.5, 0.6) is 0 Å². The van der Waals surface area contributed by atoms with Crippen LogP contribution in [-0.2, 0) is 4.79 Å². The summed E-state index contributed by atoms with van der Waals surface area (Å²) in [6.07, 6.45) is -0.769. The van der Waals surface area contributed by atoms with Gasteiger partial charge in [0, 0.05) is 11.0 Å². The first kappa shape index (κ1) is 18.3. The number of carbonyl (C=O) groups is 2. The van der Waals surface area contributed by atoms with Crippen LogP contribution in [0.4, 0.5) is 16.2 Å². The van der Waals surface area contributed by atoms with Gasteiger partial charge in [0.1, 0.15) is 6.04 Å². The van der Waals surface area contributed by atoms with Crippen LogP contribution in [-0.4, -0.2) is 29.7 Å². The Hall–Kier alpha value is -1.76. The molecule has 1 aromatic rings. The zero-order chi connectivity index (χ0) is 16.7. The van der Waals surface area contributed by atoms with Crippen molar-refractivity contribution in [3.63, 3.8) is 0 Å². The molecule has 4 N–H and O–H groups in total. The lowest BCUT2D eigenvalue weighted by atomic mass is 10.0. The van der Waals surface area contributed by atoms with Crippen LogP contribution >= 0.6 is 15.9 Å². The Labute approximate surface area is 138 Å². The fourth-order valence-corrected chi connectivity index (χ4v) is 2.40. The van der Waals surface area contributed by atoms with Gasteiger partial charge in [-0.15, -0.1) is 0 Å². The molecule has 1 atom stereocenters. The molecule has 0 saturated carbocycles. The molecule has 1 rings (SSSR count). The number of hydrogen-bond donors (Lipinski definition) is 4. The van der Waals surface area contributed by atoms with Crippen LogP contribution in [0.15, 0.2) is 22.7 Å². The average Bonchev–Trinajstić information content (AvgIpc) is 2.40. The van der Waals surface area contributed by atoms with Gasteiger partial charge in [0.05, 0.1) is 11.4 Å². The van der Waals surface area contributed by atoms with Gasteiger partial charge in [-0.3, -0.25) is 4.79 Å². The van der Waals surface area contributed by atoms with Gasteiger partial charge in [-0.25, -0.2) is 4.79 Å². The van der Waals surface area contributed by atoms with Crippen molar-refractivity contribution in [1.29, 1.82) is 0 Å². The highest BCUT2D eigenvalue weighted by Gasteiger charge is 2.22. The number of carboxylic acid groups (broad SMARTS) is 1. The van der Waals surface area contributed by atoms with Gasteiger partial charge in [-0.1, -0.05) is 29.8 Å². The Morgan fingerprint density at radius 2 is 1.95 bits per heavy atom. The molecule has 0 aliphatic heterocycles. The topological polar surface area (TPSA) is 90.5 Å². The molecule has 0 spiro atoms. The zero-order valence-corrected chi connectivity index (χ0v) is 14.5. The largest absolute Gasteiger partial charge is 0.465 e. The van der Waals surface area contributed by atoms with Gasteiger partial charge in [0.15, 0.2) is 0 Å². The van der Waals surface area contributed by atoms with Crippen molar-refractivity contribution in [2.24, 2.45) is 5.92 Å². The molecule has 22 heavy (non-hydrogen) atoms. The van der Waals surface area contributed by atoms with E-state index < -0.39 is 12.1 Å². The molecule has 122 valence electrons. The Morgan fingerprint density at radius 3 is 2.50 bits per heavy atom. The van der Waals surface area contributed by atoms with E-state index in [4.69, 9.17) is 5.11 Å². The first-order valence-electron chi connectivity index (χ1n) is 7.17. The van der Waals surface area contributed by atoms with Crippen LogP contribution in [0.25, 0.3) is 0 Å². The van der Waals surface area contributed by atoms with Crippen molar-refractivity contribution >= 4 is 39.3 Å². The Balaban J connectivity index is 2.90. The molecule has 0 fully saturated rings. The number of rotatable bonds is 7. The van der Waals surface area contributed by atoms with Crippen LogP contribution in [0, 0.1) is 5.92 Å². The molecule has 0 aliphatic rings. The molecule has 6 nitrogen and oxygen atoms in total. The van der Waals surface area contributed by atoms with Gasteiger partial charge in [0.2, 0.25) is 5.91 Å². The lowest BCUT2D eigenvalue weighted by Gasteiger charge is -2.20. The quantitative estimate of drug-likeness (QED) is 0.590. The van der Waals surface area contributed by atoms with Crippen LogP contribution in [0.1, 0.15) is 27.2 Å². The maximum Gasteiger partial charge on any atom is 0.405 e. The number of carbonyl (C=O) groups excluding carboxylic acids is 1. The Kier molecular flexibility index (Phi) is 7.17. The molecule has 0 heterocycles. The molecular formula is C15H22BrN3O3. The molecule has 0 aromatic heterocycles. The second-order valence-corrected chi connectivity index (χ2v) is 6.26. The third-order valence-electron chi connectivity index (χ3n) is 2.93. The van der Waals surface area contributed by atoms with Crippen molar-refractivity contribution in [1.82, 2.24) is 5.32 Å². The van der Waals surface area contributed by atoms with E-state index >= 15 is 0 Å². The lowest BCUT2D eigenvalue weighted by molar-refractivity contribution is -0.118. The van der Waals surface area contributed by atoms with Crippen LogP contribution in [0.2, 0.25) is 0 Å². The summed E-state index contributed by atoms with van der Waals surface area (Å²) in [7, 11) is 0. The number of amides is 2. The Morgan fingerprint density at radius 1 is 1.27 bits per heavy atom. The number of anilines is 2. The van der Waals surface area contributed by atoms with E-state index in [-0.39, 0.29) is 11.8 Å². The first-order chi connectivity index (χ1) is 10.3. The molecule has 0 aliphatic carbocycles. The Bertz CT molecular complexity index is 535. The summed E-state index contributed by atoms with van der Waals surface area (Å²) in [5.74, 6) is -0.168. The highest BCUT2D eigenvalue weighted by atomic mass is 79.9. The second-order valence-electron chi connectivity index (χ2n) is 5.34. The van der Waals surface area contributed by atoms with Crippen molar-refractivity contribution in [2.45, 2.75) is 33.2 Å². The molecular weight excluding hydrogens is 350 g/mol. The van der Waals surface area contributed by atoms with Crippen LogP contribution < -0.4 is 16.0 Å². The molecule has 2 amide bonds. The molecule has 0 radical (unpaired) electrons. The normalized spacial score (nSPS) is 11.9. The summed E-state index contributed by atoms with van der Waals surface area (Å²) in [5, 5.41) is 17.1. The summed E-state index contributed by atoms with van der Waals surface area (Å²) < 4.78 is 0.892. The maximum absolute atomic E-state index is 12.3. The molecule has 0 saturated heterocycles. The fourth-order valence-electron chi connectivity index (χ4n) is 2.03. The molecule has 1 unspecified atom stereocenters. The SMILES string of the molecule is CCNc1cc(Br)ccc1NC(=O)C(CC(C)C)NC(=O)O. The minimum absolute atomic E-state index is 0.195. The maximum atomic E-state index is 12.3. The van der Waals surface area contributed by atoms with E-state index in [9.17, 15) is 9.59 Å². The van der Waals surface area contributed by atoms with Gasteiger partial charge >= 0.3 is 6.09 Å². The second kappa shape index (κ2) is 8.63. The highest BCUT2D eigenvalue weighted by Crippen LogP contribution is 2.26. The van der Waals surface area contributed by atoms with Gasteiger partial charge in [0.25, 0.3) is 0 Å². The monoisotopic (exact) mass is 371 g/mol. The first-order valence-corrected chi connectivity index (χ1v) is 7.96. The summed E-state index contributed by atoms with van der Waals surface area (Å²) in [5.41, 5.74) is 1.40. The van der Waals surface area contributed by atoms with Gasteiger partial charge < -0.3 is 21.1 Å². The van der Waals surface area contributed by atoms with E-state index in [1.165, 1.54) is 0 Å². The number of nitrogens with one attached hydrogen (secondary N) is 3. The third kappa shape index (κ3) is 5.93. The summed E-state index contributed by atoms with van der Waals surface area (Å²) in [6.45, 7) is 6.54. The van der Waals surface area contributed by atoms with Crippen molar-refractivity contribution in [2.75, 3.05) is 17.2 Å². The number of hydrogen-bond acceptors (Lipinski definition) is 3.